The summed E-state index contributed by atoms with van der Waals surface area (Å²) < 4.78 is 4.75. The van der Waals surface area contributed by atoms with Crippen LogP contribution < -0.4 is 0 Å². The van der Waals surface area contributed by atoms with Crippen molar-refractivity contribution in [3.63, 3.8) is 0 Å². The molecule has 0 N–H and O–H groups in total. The minimum absolute atomic E-state index is 0.0620. The van der Waals surface area contributed by atoms with Gasteiger partial charge in [-0.05, 0) is 25.5 Å². The van der Waals surface area contributed by atoms with Gasteiger partial charge in [0.05, 0.1) is 11.6 Å². The molecule has 0 saturated heterocycles. The number of aryl methyl sites for hydroxylation is 1. The Hall–Kier alpha value is -1.85. The van der Waals surface area contributed by atoms with Gasteiger partial charge >= 0.3 is 5.97 Å². The molecule has 1 aromatic rings. The fourth-order valence-electron chi connectivity index (χ4n) is 0.961. The van der Waals surface area contributed by atoms with E-state index in [-0.39, 0.29) is 12.3 Å². The number of azide groups is 1. The number of aromatic nitrogens is 1. The number of carbonyl (C=O) groups excluding carboxylic acids is 1. The first-order chi connectivity index (χ1) is 7.67. The highest BCUT2D eigenvalue weighted by molar-refractivity contribution is 7.12. The van der Waals surface area contributed by atoms with Crippen LogP contribution in [0.4, 0.5) is 0 Å². The third-order valence-corrected chi connectivity index (χ3v) is 2.41. The molecule has 7 heteroatoms. The number of thiazole rings is 1. The van der Waals surface area contributed by atoms with Gasteiger partial charge in [0.15, 0.2) is 0 Å². The molecule has 0 fully saturated rings. The molecule has 0 aromatic carbocycles. The van der Waals surface area contributed by atoms with Gasteiger partial charge in [0.2, 0.25) is 0 Å². The van der Waals surface area contributed by atoms with Gasteiger partial charge in [-0.15, -0.1) is 11.3 Å². The van der Waals surface area contributed by atoms with E-state index in [0.717, 1.165) is 9.88 Å². The van der Waals surface area contributed by atoms with Crippen LogP contribution in [0.1, 0.15) is 16.8 Å². The molecule has 0 aliphatic heterocycles. The highest BCUT2D eigenvalue weighted by Crippen LogP contribution is 2.16. The maximum atomic E-state index is 11.4. The topological polar surface area (TPSA) is 88.0 Å². The van der Waals surface area contributed by atoms with Crippen LogP contribution in [0.3, 0.4) is 0 Å². The number of rotatable bonds is 4. The molecule has 84 valence electrons. The lowest BCUT2D eigenvalue weighted by molar-refractivity contribution is -0.138. The van der Waals surface area contributed by atoms with Crippen LogP contribution in [-0.4, -0.2) is 17.6 Å². The van der Waals surface area contributed by atoms with Crippen molar-refractivity contribution >= 4 is 23.4 Å². The first-order valence-corrected chi connectivity index (χ1v) is 5.35. The van der Waals surface area contributed by atoms with Crippen LogP contribution in [-0.2, 0) is 9.53 Å². The molecule has 6 nitrogen and oxygen atoms in total. The van der Waals surface area contributed by atoms with E-state index in [1.54, 1.807) is 13.1 Å². The van der Waals surface area contributed by atoms with Crippen LogP contribution in [0.2, 0.25) is 0 Å². The Morgan fingerprint density at radius 2 is 2.56 bits per heavy atom. The van der Waals surface area contributed by atoms with E-state index in [9.17, 15) is 4.79 Å². The largest absolute Gasteiger partial charge is 0.462 e. The summed E-state index contributed by atoms with van der Waals surface area (Å²) in [5.41, 5.74) is 8.27. The molecule has 0 aliphatic carbocycles. The second-order valence-corrected chi connectivity index (χ2v) is 3.99. The zero-order chi connectivity index (χ0) is 12.0. The molecular weight excluding hydrogens is 228 g/mol. The number of carbonyl (C=O) groups is 1. The second kappa shape index (κ2) is 5.89. The lowest BCUT2D eigenvalue weighted by Gasteiger charge is -1.99. The van der Waals surface area contributed by atoms with Crippen molar-refractivity contribution < 1.29 is 9.53 Å². The summed E-state index contributed by atoms with van der Waals surface area (Å²) >= 11 is 1.40. The van der Waals surface area contributed by atoms with E-state index in [1.165, 1.54) is 17.4 Å². The van der Waals surface area contributed by atoms with Crippen molar-refractivity contribution in [1.82, 2.24) is 4.98 Å². The van der Waals surface area contributed by atoms with Gasteiger partial charge < -0.3 is 4.74 Å². The zero-order valence-electron chi connectivity index (χ0n) is 8.88. The molecule has 0 unspecified atom stereocenters. The summed E-state index contributed by atoms with van der Waals surface area (Å²) in [5, 5.41) is 4.16. The van der Waals surface area contributed by atoms with Gasteiger partial charge in [-0.25, -0.2) is 9.78 Å². The van der Waals surface area contributed by atoms with E-state index in [2.05, 4.69) is 15.0 Å². The average molecular weight is 238 g/mol. The molecule has 0 atom stereocenters. The molecule has 0 saturated carbocycles. The van der Waals surface area contributed by atoms with Crippen molar-refractivity contribution in [3.8, 4) is 0 Å². The number of ether oxygens (including phenoxy) is 1. The Balaban J connectivity index is 2.97. The van der Waals surface area contributed by atoms with Crippen LogP contribution >= 0.6 is 11.3 Å². The van der Waals surface area contributed by atoms with Gasteiger partial charge in [0.1, 0.15) is 5.70 Å². The molecule has 1 heterocycles. The molecule has 16 heavy (non-hydrogen) atoms. The summed E-state index contributed by atoms with van der Waals surface area (Å²) in [6.07, 6.45) is 3.06. The third kappa shape index (κ3) is 3.38. The SMILES string of the molecule is CCOC(=O)/C(=C/c1cnc(C)s1)N=[N+]=[N-]. The maximum Gasteiger partial charge on any atom is 0.340 e. The molecule has 0 radical (unpaired) electrons. The number of esters is 1. The number of hydrogen-bond donors (Lipinski definition) is 0. The van der Waals surface area contributed by atoms with Gasteiger partial charge in [0.25, 0.3) is 0 Å². The minimum atomic E-state index is -0.633. The maximum absolute atomic E-state index is 11.4. The summed E-state index contributed by atoms with van der Waals surface area (Å²) in [6.45, 7) is 3.76. The van der Waals surface area contributed by atoms with E-state index >= 15 is 0 Å². The third-order valence-electron chi connectivity index (χ3n) is 1.56. The summed E-state index contributed by atoms with van der Waals surface area (Å²) in [7, 11) is 0. The first kappa shape index (κ1) is 12.2. The van der Waals surface area contributed by atoms with Gasteiger partial charge in [-0.1, -0.05) is 5.11 Å². The van der Waals surface area contributed by atoms with E-state index < -0.39 is 5.97 Å². The Labute approximate surface area is 96.2 Å². The zero-order valence-corrected chi connectivity index (χ0v) is 9.69. The van der Waals surface area contributed by atoms with Crippen molar-refractivity contribution in [1.29, 1.82) is 0 Å². The second-order valence-electron chi connectivity index (χ2n) is 2.72. The average Bonchev–Trinajstić information content (AvgIpc) is 2.64. The summed E-state index contributed by atoms with van der Waals surface area (Å²) in [6, 6.07) is 0. The van der Waals surface area contributed by atoms with Crippen LogP contribution in [0.15, 0.2) is 17.0 Å². The molecule has 0 bridgehead atoms. The molecule has 0 aliphatic rings. The Morgan fingerprint density at radius 3 is 3.06 bits per heavy atom. The molecule has 0 amide bonds. The Morgan fingerprint density at radius 1 is 1.81 bits per heavy atom. The summed E-state index contributed by atoms with van der Waals surface area (Å²) in [4.78, 5) is 18.7. The fourth-order valence-corrected chi connectivity index (χ4v) is 1.68. The number of nitrogens with zero attached hydrogens (tertiary/aromatic N) is 4. The lowest BCUT2D eigenvalue weighted by atomic mass is 10.4. The van der Waals surface area contributed by atoms with Gasteiger partial charge in [0, 0.05) is 16.0 Å². The predicted octanol–water partition coefficient (Wildman–Crippen LogP) is 2.67. The Bertz CT molecular complexity index is 460. The summed E-state index contributed by atoms with van der Waals surface area (Å²) in [5.74, 6) is -0.633. The number of hydrogen-bond acceptors (Lipinski definition) is 5. The monoisotopic (exact) mass is 238 g/mol. The molecule has 1 aromatic heterocycles. The van der Waals surface area contributed by atoms with E-state index in [1.807, 2.05) is 6.92 Å². The van der Waals surface area contributed by atoms with Crippen molar-refractivity contribution in [2.45, 2.75) is 13.8 Å². The fraction of sp³-hybridized carbons (Fsp3) is 0.333. The van der Waals surface area contributed by atoms with Crippen LogP contribution in [0.5, 0.6) is 0 Å². The van der Waals surface area contributed by atoms with Gasteiger partial charge in [-0.3, -0.25) is 0 Å². The van der Waals surface area contributed by atoms with Crippen molar-refractivity contribution in [2.24, 2.45) is 5.11 Å². The predicted molar refractivity (Wildman–Crippen MR) is 60.6 cm³/mol. The minimum Gasteiger partial charge on any atom is -0.462 e. The van der Waals surface area contributed by atoms with Crippen molar-refractivity contribution in [3.05, 3.63) is 32.2 Å². The van der Waals surface area contributed by atoms with Gasteiger partial charge in [-0.2, -0.15) is 0 Å². The standard InChI is InChI=1S/C9H10N4O2S/c1-3-15-9(14)8(12-13-10)4-7-5-11-6(2)16-7/h4-5H,3H2,1-2H3/b8-4-. The van der Waals surface area contributed by atoms with E-state index in [0.29, 0.717) is 0 Å². The first-order valence-electron chi connectivity index (χ1n) is 4.53. The highest BCUT2D eigenvalue weighted by Gasteiger charge is 2.09. The van der Waals surface area contributed by atoms with Crippen LogP contribution in [0, 0.1) is 6.92 Å². The molecule has 1 rings (SSSR count). The molecular formula is C9H10N4O2S. The Kier molecular flexibility index (Phi) is 4.50. The lowest BCUT2D eigenvalue weighted by Crippen LogP contribution is -2.05. The van der Waals surface area contributed by atoms with Crippen molar-refractivity contribution in [2.75, 3.05) is 6.61 Å². The van der Waals surface area contributed by atoms with Crippen LogP contribution in [0.25, 0.3) is 16.5 Å². The smallest absolute Gasteiger partial charge is 0.340 e. The quantitative estimate of drug-likeness (QED) is 0.265. The molecule has 0 spiro atoms. The highest BCUT2D eigenvalue weighted by atomic mass is 32.1. The van der Waals surface area contributed by atoms with E-state index in [4.69, 9.17) is 10.3 Å². The normalized spacial score (nSPS) is 10.8.